The second-order valence-corrected chi connectivity index (χ2v) is 4.80. The van der Waals surface area contributed by atoms with Gasteiger partial charge in [-0.15, -0.1) is 11.6 Å². The number of carbonyl (C=O) groups excluding carboxylic acids is 1. The van der Waals surface area contributed by atoms with Crippen molar-refractivity contribution in [2.45, 2.75) is 13.0 Å². The van der Waals surface area contributed by atoms with Crippen molar-refractivity contribution in [3.05, 3.63) is 34.1 Å². The second-order valence-electron chi connectivity index (χ2n) is 3.58. The predicted octanol–water partition coefficient (Wildman–Crippen LogP) is 3.29. The highest BCUT2D eigenvalue weighted by Crippen LogP contribution is 2.17. The van der Waals surface area contributed by atoms with Crippen LogP contribution in [0.15, 0.2) is 22.7 Å². The van der Waals surface area contributed by atoms with E-state index in [4.69, 9.17) is 11.6 Å². The van der Waals surface area contributed by atoms with Gasteiger partial charge in [-0.2, -0.15) is 0 Å². The predicted molar refractivity (Wildman–Crippen MR) is 66.4 cm³/mol. The van der Waals surface area contributed by atoms with Crippen LogP contribution in [0, 0.1) is 5.82 Å². The van der Waals surface area contributed by atoms with Crippen molar-refractivity contribution < 1.29 is 9.18 Å². The number of amides is 1. The highest BCUT2D eigenvalue weighted by molar-refractivity contribution is 9.10. The highest BCUT2D eigenvalue weighted by atomic mass is 79.9. The van der Waals surface area contributed by atoms with Crippen LogP contribution in [0.1, 0.15) is 17.3 Å². The molecule has 0 aliphatic rings. The van der Waals surface area contributed by atoms with Gasteiger partial charge in [-0.05, 0) is 25.1 Å². The Morgan fingerprint density at radius 2 is 2.19 bits per heavy atom. The van der Waals surface area contributed by atoms with E-state index in [1.54, 1.807) is 13.1 Å². The first-order valence-corrected chi connectivity index (χ1v) is 6.07. The number of alkyl halides is 1. The third-order valence-corrected chi connectivity index (χ3v) is 3.22. The van der Waals surface area contributed by atoms with Gasteiger partial charge in [-0.25, -0.2) is 4.39 Å². The van der Waals surface area contributed by atoms with Crippen LogP contribution in [0.4, 0.5) is 4.39 Å². The van der Waals surface area contributed by atoms with Gasteiger partial charge in [0.1, 0.15) is 5.82 Å². The van der Waals surface area contributed by atoms with Crippen LogP contribution in [0.5, 0.6) is 0 Å². The van der Waals surface area contributed by atoms with Crippen LogP contribution in [-0.4, -0.2) is 29.8 Å². The largest absolute Gasteiger partial charge is 0.338 e. The van der Waals surface area contributed by atoms with Gasteiger partial charge in [0.15, 0.2) is 0 Å². The van der Waals surface area contributed by atoms with Gasteiger partial charge in [-0.3, -0.25) is 4.79 Å². The van der Waals surface area contributed by atoms with Crippen molar-refractivity contribution in [3.8, 4) is 0 Å². The van der Waals surface area contributed by atoms with Crippen LogP contribution in [-0.2, 0) is 0 Å². The number of benzene rings is 1. The van der Waals surface area contributed by atoms with Gasteiger partial charge in [0.05, 0.1) is 0 Å². The molecule has 1 unspecified atom stereocenters. The summed E-state index contributed by atoms with van der Waals surface area (Å²) in [4.78, 5) is 13.4. The number of halogens is 3. The molecule has 2 nitrogen and oxygen atoms in total. The van der Waals surface area contributed by atoms with Crippen LogP contribution >= 0.6 is 27.5 Å². The van der Waals surface area contributed by atoms with E-state index in [0.717, 1.165) is 0 Å². The molecule has 1 rings (SSSR count). The molecule has 0 fully saturated rings. The van der Waals surface area contributed by atoms with Crippen molar-refractivity contribution in [1.29, 1.82) is 0 Å². The number of carbonyl (C=O) groups is 1. The molecule has 1 atom stereocenters. The molecule has 0 radical (unpaired) electrons. The van der Waals surface area contributed by atoms with Crippen molar-refractivity contribution >= 4 is 33.4 Å². The summed E-state index contributed by atoms with van der Waals surface area (Å²) in [5.41, 5.74) is 0.311. The smallest absolute Gasteiger partial charge is 0.254 e. The van der Waals surface area contributed by atoms with E-state index in [9.17, 15) is 9.18 Å². The molecule has 0 aromatic heterocycles. The zero-order valence-corrected chi connectivity index (χ0v) is 11.3. The monoisotopic (exact) mass is 307 g/mol. The lowest BCUT2D eigenvalue weighted by Gasteiger charge is -2.23. The molecule has 0 aliphatic carbocycles. The molecule has 0 heterocycles. The molecule has 0 saturated heterocycles. The minimum absolute atomic E-state index is 0.0868. The molecular formula is C11H12BrClFNO. The maximum absolute atomic E-state index is 13.1. The SMILES string of the molecule is CC(CCl)N(C)C(=O)c1cc(F)cc(Br)c1. The molecule has 1 aromatic carbocycles. The first kappa shape index (κ1) is 13.5. The summed E-state index contributed by atoms with van der Waals surface area (Å²) in [6.07, 6.45) is 0. The van der Waals surface area contributed by atoms with Crippen LogP contribution in [0.25, 0.3) is 0 Å². The van der Waals surface area contributed by atoms with Crippen molar-refractivity contribution in [2.24, 2.45) is 0 Å². The molecule has 88 valence electrons. The minimum atomic E-state index is -0.440. The topological polar surface area (TPSA) is 20.3 Å². The molecule has 16 heavy (non-hydrogen) atoms. The summed E-state index contributed by atoms with van der Waals surface area (Å²) in [6.45, 7) is 1.83. The summed E-state index contributed by atoms with van der Waals surface area (Å²) < 4.78 is 13.7. The molecule has 1 amide bonds. The Hall–Kier alpha value is -0.610. The number of nitrogens with zero attached hydrogens (tertiary/aromatic N) is 1. The van der Waals surface area contributed by atoms with E-state index in [1.807, 2.05) is 6.92 Å². The first-order chi connectivity index (χ1) is 7.45. The fourth-order valence-electron chi connectivity index (χ4n) is 1.18. The summed E-state index contributed by atoms with van der Waals surface area (Å²) in [6, 6.07) is 4.02. The molecule has 5 heteroatoms. The average molecular weight is 309 g/mol. The molecular weight excluding hydrogens is 296 g/mol. The summed E-state index contributed by atoms with van der Waals surface area (Å²) in [7, 11) is 1.65. The highest BCUT2D eigenvalue weighted by Gasteiger charge is 2.17. The Morgan fingerprint density at radius 1 is 1.56 bits per heavy atom. The quantitative estimate of drug-likeness (QED) is 0.785. The lowest BCUT2D eigenvalue weighted by Crippen LogP contribution is -2.36. The lowest BCUT2D eigenvalue weighted by molar-refractivity contribution is 0.0756. The zero-order valence-electron chi connectivity index (χ0n) is 9.01. The van der Waals surface area contributed by atoms with Gasteiger partial charge in [0.2, 0.25) is 0 Å². The summed E-state index contributed by atoms with van der Waals surface area (Å²) >= 11 is 8.81. The van der Waals surface area contributed by atoms with Gasteiger partial charge >= 0.3 is 0 Å². The molecule has 0 saturated carbocycles. The fourth-order valence-corrected chi connectivity index (χ4v) is 1.86. The van der Waals surface area contributed by atoms with E-state index in [1.165, 1.54) is 17.0 Å². The van der Waals surface area contributed by atoms with Gasteiger partial charge in [-0.1, -0.05) is 15.9 Å². The van der Waals surface area contributed by atoms with E-state index in [2.05, 4.69) is 15.9 Å². The van der Waals surface area contributed by atoms with Crippen LogP contribution in [0.3, 0.4) is 0 Å². The molecule has 0 N–H and O–H groups in total. The number of rotatable bonds is 3. The third-order valence-electron chi connectivity index (χ3n) is 2.31. The lowest BCUT2D eigenvalue weighted by atomic mass is 10.2. The van der Waals surface area contributed by atoms with Gasteiger partial charge < -0.3 is 4.90 Å². The molecule has 0 aliphatic heterocycles. The van der Waals surface area contributed by atoms with E-state index >= 15 is 0 Å². The minimum Gasteiger partial charge on any atom is -0.338 e. The third kappa shape index (κ3) is 3.19. The summed E-state index contributed by atoms with van der Waals surface area (Å²) in [5.74, 6) is -0.336. The molecule has 1 aromatic rings. The van der Waals surface area contributed by atoms with Gasteiger partial charge in [0.25, 0.3) is 5.91 Å². The zero-order chi connectivity index (χ0) is 12.3. The number of hydrogen-bond donors (Lipinski definition) is 0. The van der Waals surface area contributed by atoms with Crippen molar-refractivity contribution in [3.63, 3.8) is 0 Å². The average Bonchev–Trinajstić information content (AvgIpc) is 2.24. The standard InChI is InChI=1S/C11H12BrClFNO/c1-7(6-13)15(2)11(16)8-3-9(12)5-10(14)4-8/h3-5,7H,6H2,1-2H3. The van der Waals surface area contributed by atoms with Crippen molar-refractivity contribution in [1.82, 2.24) is 4.90 Å². The van der Waals surface area contributed by atoms with E-state index < -0.39 is 5.82 Å². The molecule has 0 spiro atoms. The fraction of sp³-hybridized carbons (Fsp3) is 0.364. The Labute approximate surface area is 108 Å². The Kier molecular flexibility index (Phi) is 4.74. The molecule has 0 bridgehead atoms. The Balaban J connectivity index is 2.96. The van der Waals surface area contributed by atoms with Gasteiger partial charge in [0, 0.05) is 29.0 Å². The Morgan fingerprint density at radius 3 is 2.69 bits per heavy atom. The van der Waals surface area contributed by atoms with E-state index in [0.29, 0.717) is 15.9 Å². The normalized spacial score (nSPS) is 12.3. The van der Waals surface area contributed by atoms with Crippen LogP contribution in [0.2, 0.25) is 0 Å². The maximum atomic E-state index is 13.1. The summed E-state index contributed by atoms with van der Waals surface area (Å²) in [5, 5.41) is 0. The maximum Gasteiger partial charge on any atom is 0.254 e. The van der Waals surface area contributed by atoms with Crippen LogP contribution < -0.4 is 0 Å². The number of hydrogen-bond acceptors (Lipinski definition) is 1. The van der Waals surface area contributed by atoms with E-state index in [-0.39, 0.29) is 11.9 Å². The van der Waals surface area contributed by atoms with Crippen molar-refractivity contribution in [2.75, 3.05) is 12.9 Å². The first-order valence-electron chi connectivity index (χ1n) is 4.75. The Bertz CT molecular complexity index is 379. The second kappa shape index (κ2) is 5.64.